The zero-order valence-corrected chi connectivity index (χ0v) is 18.5. The van der Waals surface area contributed by atoms with Gasteiger partial charge in [-0.25, -0.2) is 0 Å². The van der Waals surface area contributed by atoms with E-state index in [1.807, 2.05) is 0 Å². The van der Waals surface area contributed by atoms with Crippen LogP contribution in [-0.4, -0.2) is 56.8 Å². The largest absolute Gasteiger partial charge is 0.481 e. The zero-order valence-electron chi connectivity index (χ0n) is 18.5. The van der Waals surface area contributed by atoms with Crippen LogP contribution >= 0.6 is 0 Å². The SMILES string of the molecule is CC(O)CO.CCC(O)OC(O)CC.CCCCCCCCCCCC(=O)O. The Morgan fingerprint density at radius 3 is 1.43 bits per heavy atom. The number of carbonyl (C=O) groups is 1. The minimum atomic E-state index is -0.819. The Kier molecular flexibility index (Phi) is 30.0. The molecule has 0 spiro atoms. The summed E-state index contributed by atoms with van der Waals surface area (Å²) < 4.78 is 4.66. The van der Waals surface area contributed by atoms with Crippen LogP contribution in [-0.2, 0) is 9.53 Å². The summed E-state index contributed by atoms with van der Waals surface area (Å²) in [6.07, 6.45) is 10.3. The van der Waals surface area contributed by atoms with Crippen molar-refractivity contribution in [2.24, 2.45) is 0 Å². The summed E-state index contributed by atoms with van der Waals surface area (Å²) in [7, 11) is 0. The second-order valence-electron chi connectivity index (χ2n) is 6.87. The first-order valence-electron chi connectivity index (χ1n) is 10.8. The number of hydrogen-bond donors (Lipinski definition) is 5. The van der Waals surface area contributed by atoms with Gasteiger partial charge < -0.3 is 30.3 Å². The molecule has 0 aromatic rings. The predicted octanol–water partition coefficient (Wildman–Crippen LogP) is 3.81. The van der Waals surface area contributed by atoms with Gasteiger partial charge in [0.2, 0.25) is 0 Å². The van der Waals surface area contributed by atoms with Gasteiger partial charge in [0, 0.05) is 6.42 Å². The van der Waals surface area contributed by atoms with Gasteiger partial charge in [0.05, 0.1) is 12.7 Å². The summed E-state index contributed by atoms with van der Waals surface area (Å²) in [6.45, 7) is 7.19. The van der Waals surface area contributed by atoms with Gasteiger partial charge in [-0.2, -0.15) is 0 Å². The van der Waals surface area contributed by atoms with Gasteiger partial charge in [0.15, 0.2) is 12.6 Å². The standard InChI is InChI=1S/C12H24O2.C6H14O3.C3H8O2/c1-2-3-4-5-6-7-8-9-10-11-12(13)14;1-3-5(7)9-6(8)4-2;1-3(5)2-4/h2-11H2,1H3,(H,13,14);5-8H,3-4H2,1-2H3;3-5H,2H2,1H3. The van der Waals surface area contributed by atoms with Crippen molar-refractivity contribution in [3.8, 4) is 0 Å². The molecule has 5 N–H and O–H groups in total. The summed E-state index contributed by atoms with van der Waals surface area (Å²) in [5, 5.41) is 42.0. The quantitative estimate of drug-likeness (QED) is 0.205. The van der Waals surface area contributed by atoms with Crippen LogP contribution in [0, 0.1) is 0 Å². The normalized spacial score (nSPS) is 13.4. The van der Waals surface area contributed by atoms with E-state index < -0.39 is 24.7 Å². The summed E-state index contributed by atoms with van der Waals surface area (Å²) in [5.74, 6) is -0.659. The molecular weight excluding hydrogens is 364 g/mol. The second kappa shape index (κ2) is 26.3. The number of carboxylic acid groups (broad SMARTS) is 1. The van der Waals surface area contributed by atoms with E-state index >= 15 is 0 Å². The van der Waals surface area contributed by atoms with Crippen LogP contribution in [0.5, 0.6) is 0 Å². The molecule has 0 radical (unpaired) electrons. The highest BCUT2D eigenvalue weighted by Crippen LogP contribution is 2.10. The lowest BCUT2D eigenvalue weighted by Gasteiger charge is -2.13. The van der Waals surface area contributed by atoms with Crippen LogP contribution in [0.15, 0.2) is 0 Å². The van der Waals surface area contributed by atoms with E-state index in [1.165, 1.54) is 51.9 Å². The van der Waals surface area contributed by atoms with Crippen LogP contribution in [0.2, 0.25) is 0 Å². The zero-order chi connectivity index (χ0) is 22.2. The lowest BCUT2D eigenvalue weighted by Crippen LogP contribution is -2.19. The molecule has 0 amide bonds. The molecule has 0 saturated heterocycles. The molecule has 28 heavy (non-hydrogen) atoms. The molecule has 0 rings (SSSR count). The maximum Gasteiger partial charge on any atom is 0.303 e. The van der Waals surface area contributed by atoms with Crippen LogP contribution in [0.4, 0.5) is 0 Å². The van der Waals surface area contributed by atoms with Crippen molar-refractivity contribution in [1.29, 1.82) is 0 Å². The average Bonchev–Trinajstić information content (AvgIpc) is 2.67. The number of aliphatic hydroxyl groups is 4. The summed E-state index contributed by atoms with van der Waals surface area (Å²) in [5.41, 5.74) is 0. The number of aliphatic carboxylic acids is 1. The van der Waals surface area contributed by atoms with Gasteiger partial charge in [-0.1, -0.05) is 72.1 Å². The average molecular weight is 411 g/mol. The molecule has 0 bridgehead atoms. The maximum absolute atomic E-state index is 10.2. The molecule has 0 fully saturated rings. The minimum Gasteiger partial charge on any atom is -0.481 e. The van der Waals surface area contributed by atoms with Crippen LogP contribution in [0.3, 0.4) is 0 Å². The Bertz CT molecular complexity index is 290. The Balaban J connectivity index is -0.000000381. The Morgan fingerprint density at radius 2 is 1.14 bits per heavy atom. The fourth-order valence-corrected chi connectivity index (χ4v) is 1.96. The van der Waals surface area contributed by atoms with Gasteiger partial charge >= 0.3 is 5.97 Å². The van der Waals surface area contributed by atoms with Gasteiger partial charge in [-0.15, -0.1) is 0 Å². The van der Waals surface area contributed by atoms with Crippen molar-refractivity contribution >= 4 is 5.97 Å². The van der Waals surface area contributed by atoms with Crippen molar-refractivity contribution in [3.05, 3.63) is 0 Å². The molecule has 0 heterocycles. The van der Waals surface area contributed by atoms with Gasteiger partial charge in [-0.3, -0.25) is 4.79 Å². The Morgan fingerprint density at radius 1 is 0.786 bits per heavy atom. The Labute approximate surface area is 171 Å². The molecular formula is C21H46O7. The van der Waals surface area contributed by atoms with E-state index in [1.54, 1.807) is 13.8 Å². The van der Waals surface area contributed by atoms with E-state index in [2.05, 4.69) is 11.7 Å². The molecule has 0 saturated carbocycles. The van der Waals surface area contributed by atoms with Crippen molar-refractivity contribution < 1.29 is 35.1 Å². The van der Waals surface area contributed by atoms with E-state index in [4.69, 9.17) is 25.5 Å². The van der Waals surface area contributed by atoms with Crippen LogP contribution in [0.25, 0.3) is 0 Å². The van der Waals surface area contributed by atoms with Crippen LogP contribution in [0.1, 0.15) is 105 Å². The number of ether oxygens (including phenoxy) is 1. The Hall–Kier alpha value is -0.730. The topological polar surface area (TPSA) is 127 Å². The minimum absolute atomic E-state index is 0.139. The molecule has 3 unspecified atom stereocenters. The molecule has 0 aliphatic rings. The number of unbranched alkanes of at least 4 members (excludes halogenated alkanes) is 8. The molecule has 0 aliphatic carbocycles. The monoisotopic (exact) mass is 410 g/mol. The van der Waals surface area contributed by atoms with Crippen molar-refractivity contribution in [3.63, 3.8) is 0 Å². The summed E-state index contributed by atoms with van der Waals surface area (Å²) in [6, 6.07) is 0. The highest BCUT2D eigenvalue weighted by atomic mass is 16.7. The molecule has 7 nitrogen and oxygen atoms in total. The lowest BCUT2D eigenvalue weighted by molar-refractivity contribution is -0.208. The first-order chi connectivity index (χ1) is 13.2. The van der Waals surface area contributed by atoms with Crippen molar-refractivity contribution in [1.82, 2.24) is 0 Å². The third-order valence-corrected chi connectivity index (χ3v) is 3.77. The first-order valence-corrected chi connectivity index (χ1v) is 10.8. The van der Waals surface area contributed by atoms with Gasteiger partial charge in [0.25, 0.3) is 0 Å². The molecule has 172 valence electrons. The molecule has 0 aliphatic heterocycles. The third-order valence-electron chi connectivity index (χ3n) is 3.77. The van der Waals surface area contributed by atoms with E-state index in [0.717, 1.165) is 12.8 Å². The highest BCUT2D eigenvalue weighted by molar-refractivity contribution is 5.66. The molecule has 0 aromatic heterocycles. The molecule has 7 heteroatoms. The highest BCUT2D eigenvalue weighted by Gasteiger charge is 2.05. The van der Waals surface area contributed by atoms with E-state index in [0.29, 0.717) is 19.3 Å². The van der Waals surface area contributed by atoms with E-state index in [9.17, 15) is 4.79 Å². The number of carboxylic acids is 1. The van der Waals surface area contributed by atoms with Gasteiger partial charge in [-0.05, 0) is 26.2 Å². The fourth-order valence-electron chi connectivity index (χ4n) is 1.96. The summed E-state index contributed by atoms with van der Waals surface area (Å²) in [4.78, 5) is 10.2. The maximum atomic E-state index is 10.2. The van der Waals surface area contributed by atoms with Crippen LogP contribution < -0.4 is 0 Å². The van der Waals surface area contributed by atoms with Crippen molar-refractivity contribution in [2.75, 3.05) is 6.61 Å². The lowest BCUT2D eigenvalue weighted by atomic mass is 10.1. The second-order valence-corrected chi connectivity index (χ2v) is 6.87. The number of hydrogen-bond acceptors (Lipinski definition) is 6. The number of aliphatic hydroxyl groups excluding tert-OH is 4. The third kappa shape index (κ3) is 36.2. The first kappa shape index (κ1) is 31.9. The van der Waals surface area contributed by atoms with E-state index in [-0.39, 0.29) is 6.61 Å². The van der Waals surface area contributed by atoms with Gasteiger partial charge in [0.1, 0.15) is 0 Å². The van der Waals surface area contributed by atoms with Crippen molar-refractivity contribution in [2.45, 2.75) is 123 Å². The predicted molar refractivity (Wildman–Crippen MR) is 112 cm³/mol. The fraction of sp³-hybridized carbons (Fsp3) is 0.952. The summed E-state index contributed by atoms with van der Waals surface area (Å²) >= 11 is 0. The molecule has 3 atom stereocenters. The molecule has 0 aromatic carbocycles. The number of rotatable bonds is 15. The smallest absolute Gasteiger partial charge is 0.303 e.